The second kappa shape index (κ2) is 13.9. The molecule has 0 unspecified atom stereocenters. The largest absolute Gasteiger partial charge is 0.493 e. The van der Waals surface area contributed by atoms with Crippen molar-refractivity contribution in [3.63, 3.8) is 0 Å². The van der Waals surface area contributed by atoms with Gasteiger partial charge in [0.1, 0.15) is 17.1 Å². The number of unbranched alkanes of at least 4 members (excludes halogenated alkanes) is 4. The van der Waals surface area contributed by atoms with Crippen molar-refractivity contribution in [2.24, 2.45) is 11.7 Å². The highest BCUT2D eigenvalue weighted by atomic mass is 35.5. The summed E-state index contributed by atoms with van der Waals surface area (Å²) in [5, 5.41) is 9.71. The van der Waals surface area contributed by atoms with Gasteiger partial charge in [-0.3, -0.25) is 0 Å². The molecule has 3 rings (SSSR count). The lowest BCUT2D eigenvalue weighted by molar-refractivity contribution is -0.133. The second-order valence-electron chi connectivity index (χ2n) is 11.3. The summed E-state index contributed by atoms with van der Waals surface area (Å²) in [5.41, 5.74) is 8.10. The lowest BCUT2D eigenvalue weighted by atomic mass is 9.66. The Bertz CT molecular complexity index is 898. The van der Waals surface area contributed by atoms with E-state index in [1.54, 1.807) is 0 Å². The molecule has 7 heteroatoms. The molecule has 1 aliphatic carbocycles. The number of fused-ring (bicyclic) bond motifs is 3. The van der Waals surface area contributed by atoms with Crippen LogP contribution >= 0.6 is 24.8 Å². The molecule has 3 N–H and O–H groups in total. The molecule has 0 aromatic heterocycles. The third kappa shape index (κ3) is 7.55. The van der Waals surface area contributed by atoms with E-state index in [2.05, 4.69) is 46.8 Å². The molecule has 2 atom stereocenters. The second-order valence-corrected chi connectivity index (χ2v) is 11.3. The number of carboxylic acid groups (broad SMARTS) is 1. The van der Waals surface area contributed by atoms with Gasteiger partial charge >= 0.3 is 5.97 Å². The summed E-state index contributed by atoms with van der Waals surface area (Å²) in [4.78, 5) is 11.8. The van der Waals surface area contributed by atoms with Crippen LogP contribution in [0.4, 0.5) is 0 Å². The van der Waals surface area contributed by atoms with Crippen LogP contribution in [0.3, 0.4) is 0 Å². The molecule has 1 aliphatic heterocycles. The normalized spacial score (nSPS) is 20.0. The van der Waals surface area contributed by atoms with Crippen LogP contribution in [0.25, 0.3) is 0 Å². The zero-order chi connectivity index (χ0) is 24.9. The quantitative estimate of drug-likeness (QED) is 0.265. The molecule has 0 radical (unpaired) electrons. The molecular formula is C29H47Cl2NO4. The zero-order valence-corrected chi connectivity index (χ0v) is 24.4. The summed E-state index contributed by atoms with van der Waals surface area (Å²) in [5.74, 6) is 1.19. The van der Waals surface area contributed by atoms with E-state index in [4.69, 9.17) is 15.2 Å². The first kappa shape index (κ1) is 32.6. The number of halogens is 2. The van der Waals surface area contributed by atoms with Gasteiger partial charge in [0.15, 0.2) is 0 Å². The Balaban J connectivity index is 0.00000324. The van der Waals surface area contributed by atoms with E-state index in [9.17, 15) is 9.90 Å². The number of aliphatic carboxylic acids is 1. The van der Waals surface area contributed by atoms with Gasteiger partial charge in [0.25, 0.3) is 0 Å². The molecule has 0 spiro atoms. The molecule has 1 aromatic rings. The van der Waals surface area contributed by atoms with E-state index in [-0.39, 0.29) is 47.7 Å². The number of allylic oxidation sites excluding steroid dienone is 1. The average molecular weight is 545 g/mol. The van der Waals surface area contributed by atoms with Gasteiger partial charge in [-0.1, -0.05) is 52.5 Å². The number of hydrogen-bond donors (Lipinski definition) is 2. The Labute approximate surface area is 230 Å². The lowest BCUT2D eigenvalue weighted by Crippen LogP contribution is -2.46. The van der Waals surface area contributed by atoms with E-state index in [0.717, 1.165) is 36.3 Å². The minimum absolute atomic E-state index is 0. The maximum atomic E-state index is 11.8. The third-order valence-electron chi connectivity index (χ3n) is 7.85. The van der Waals surface area contributed by atoms with Gasteiger partial charge in [0, 0.05) is 23.0 Å². The maximum Gasteiger partial charge on any atom is 0.331 e. The fourth-order valence-corrected chi connectivity index (χ4v) is 5.63. The van der Waals surface area contributed by atoms with E-state index in [0.29, 0.717) is 31.6 Å². The molecule has 0 fully saturated rings. The van der Waals surface area contributed by atoms with Crippen LogP contribution in [-0.2, 0) is 10.2 Å². The molecule has 36 heavy (non-hydrogen) atoms. The predicted octanol–water partition coefficient (Wildman–Crippen LogP) is 7.57. The fraction of sp³-hybridized carbons (Fsp3) is 0.690. The molecular weight excluding hydrogens is 497 g/mol. The van der Waals surface area contributed by atoms with Gasteiger partial charge in [-0.2, -0.15) is 0 Å². The summed E-state index contributed by atoms with van der Waals surface area (Å²) in [6.45, 7) is 12.4. The molecule has 0 amide bonds. The van der Waals surface area contributed by atoms with Crippen LogP contribution in [0.1, 0.15) is 109 Å². The monoisotopic (exact) mass is 543 g/mol. The Hall–Kier alpha value is -1.43. The van der Waals surface area contributed by atoms with E-state index in [1.165, 1.54) is 31.2 Å². The van der Waals surface area contributed by atoms with Crippen LogP contribution in [-0.4, -0.2) is 29.8 Å². The molecule has 206 valence electrons. The Kier molecular flexibility index (Phi) is 12.6. The predicted molar refractivity (Wildman–Crippen MR) is 152 cm³/mol. The van der Waals surface area contributed by atoms with Crippen molar-refractivity contribution in [1.82, 2.24) is 0 Å². The summed E-state index contributed by atoms with van der Waals surface area (Å²) in [6.07, 6.45) is 11.0. The summed E-state index contributed by atoms with van der Waals surface area (Å²) >= 11 is 0. The average Bonchev–Trinajstić information content (AvgIpc) is 2.78. The molecule has 2 aliphatic rings. The van der Waals surface area contributed by atoms with Crippen molar-refractivity contribution in [2.75, 3.05) is 13.2 Å². The topological polar surface area (TPSA) is 81.8 Å². The van der Waals surface area contributed by atoms with Crippen LogP contribution in [0.15, 0.2) is 23.8 Å². The van der Waals surface area contributed by atoms with Crippen molar-refractivity contribution in [3.8, 4) is 11.5 Å². The zero-order valence-electron chi connectivity index (χ0n) is 22.7. The smallest absolute Gasteiger partial charge is 0.331 e. The highest BCUT2D eigenvalue weighted by Gasteiger charge is 2.47. The Morgan fingerprint density at radius 1 is 1.17 bits per heavy atom. The SMILES string of the molecule is CCCCCCC(C)(C)c1cc(OCCCCN)c2c(c1)OC(C)(C)[C@@H]1CC=C(C(=O)O)C[C@@H]21.Cl.Cl. The number of benzene rings is 1. The minimum atomic E-state index is -0.820. The maximum absolute atomic E-state index is 11.8. The van der Waals surface area contributed by atoms with Crippen LogP contribution in [0, 0.1) is 5.92 Å². The van der Waals surface area contributed by atoms with E-state index < -0.39 is 5.97 Å². The molecule has 0 bridgehead atoms. The number of rotatable bonds is 12. The molecule has 5 nitrogen and oxygen atoms in total. The first-order chi connectivity index (χ1) is 16.1. The van der Waals surface area contributed by atoms with Crippen LogP contribution in [0.2, 0.25) is 0 Å². The third-order valence-corrected chi connectivity index (χ3v) is 7.85. The van der Waals surface area contributed by atoms with Crippen molar-refractivity contribution in [1.29, 1.82) is 0 Å². The molecule has 1 aromatic carbocycles. The molecule has 0 saturated heterocycles. The van der Waals surface area contributed by atoms with Crippen LogP contribution in [0.5, 0.6) is 11.5 Å². The van der Waals surface area contributed by atoms with Crippen molar-refractivity contribution in [3.05, 3.63) is 34.9 Å². The van der Waals surface area contributed by atoms with Crippen molar-refractivity contribution < 1.29 is 19.4 Å². The number of carboxylic acids is 1. The van der Waals surface area contributed by atoms with Gasteiger partial charge < -0.3 is 20.3 Å². The van der Waals surface area contributed by atoms with Gasteiger partial charge in [-0.25, -0.2) is 4.79 Å². The highest BCUT2D eigenvalue weighted by molar-refractivity contribution is 5.87. The van der Waals surface area contributed by atoms with E-state index >= 15 is 0 Å². The number of carbonyl (C=O) groups is 1. The van der Waals surface area contributed by atoms with Gasteiger partial charge in [0.05, 0.1) is 6.61 Å². The van der Waals surface area contributed by atoms with E-state index in [1.807, 2.05) is 6.08 Å². The summed E-state index contributed by atoms with van der Waals surface area (Å²) in [6, 6.07) is 4.41. The highest BCUT2D eigenvalue weighted by Crippen LogP contribution is 2.55. The van der Waals surface area contributed by atoms with Gasteiger partial charge in [-0.15, -0.1) is 24.8 Å². The number of nitrogens with two attached hydrogens (primary N) is 1. The fourth-order valence-electron chi connectivity index (χ4n) is 5.63. The molecule has 0 saturated carbocycles. The van der Waals surface area contributed by atoms with Gasteiger partial charge in [0.2, 0.25) is 0 Å². The number of hydrogen-bond acceptors (Lipinski definition) is 4. The summed E-state index contributed by atoms with van der Waals surface area (Å²) in [7, 11) is 0. The van der Waals surface area contributed by atoms with Gasteiger partial charge in [-0.05, 0) is 75.6 Å². The molecule has 1 heterocycles. The standard InChI is InChI=1S/C29H45NO4.2ClH/c1-6-7-8-9-14-28(2,3)21-18-24(33-16-11-10-15-30)26-22-17-20(27(31)32)12-13-23(22)29(4,5)34-25(26)19-21;;/h12,18-19,22-23H,6-11,13-17,30H2,1-5H3,(H,31,32);2*1H/t22-,23-;;/m1../s1. The lowest BCUT2D eigenvalue weighted by Gasteiger charge is -2.47. The first-order valence-corrected chi connectivity index (χ1v) is 13.2. The Morgan fingerprint density at radius 3 is 2.53 bits per heavy atom. The Morgan fingerprint density at radius 2 is 1.89 bits per heavy atom. The number of ether oxygens (including phenoxy) is 2. The first-order valence-electron chi connectivity index (χ1n) is 13.2. The van der Waals surface area contributed by atoms with Crippen molar-refractivity contribution >= 4 is 30.8 Å². The minimum Gasteiger partial charge on any atom is -0.493 e. The van der Waals surface area contributed by atoms with Crippen LogP contribution < -0.4 is 15.2 Å². The van der Waals surface area contributed by atoms with Crippen molar-refractivity contribution in [2.45, 2.75) is 109 Å². The summed E-state index contributed by atoms with van der Waals surface area (Å²) < 4.78 is 13.1.